The first kappa shape index (κ1) is 20.1. The highest BCUT2D eigenvalue weighted by molar-refractivity contribution is 8.00. The number of fused-ring (bicyclic) bond motifs is 1. The van der Waals surface area contributed by atoms with Crippen molar-refractivity contribution < 1.29 is 14.0 Å². The van der Waals surface area contributed by atoms with Gasteiger partial charge in [0.25, 0.3) is 11.8 Å². The SMILES string of the molecule is O=C(c1ccc2ccccc2c1)N1CCC2(CC1)SCCN2C(=O)c1cccc(F)c1. The highest BCUT2D eigenvalue weighted by Gasteiger charge is 2.47. The molecule has 2 aliphatic heterocycles. The van der Waals surface area contributed by atoms with E-state index in [-0.39, 0.29) is 16.7 Å². The zero-order chi connectivity index (χ0) is 21.4. The molecular formula is C25H23FN2O2S. The minimum atomic E-state index is -0.400. The van der Waals surface area contributed by atoms with Gasteiger partial charge in [-0.05, 0) is 53.9 Å². The zero-order valence-electron chi connectivity index (χ0n) is 17.1. The Morgan fingerprint density at radius 1 is 0.806 bits per heavy atom. The summed E-state index contributed by atoms with van der Waals surface area (Å²) in [6.07, 6.45) is 1.44. The summed E-state index contributed by atoms with van der Waals surface area (Å²) in [5.41, 5.74) is 1.08. The fourth-order valence-electron chi connectivity index (χ4n) is 4.65. The molecule has 31 heavy (non-hydrogen) atoms. The number of nitrogens with zero attached hydrogens (tertiary/aromatic N) is 2. The molecule has 0 unspecified atom stereocenters. The first-order valence-corrected chi connectivity index (χ1v) is 11.5. The maximum absolute atomic E-state index is 13.6. The minimum Gasteiger partial charge on any atom is -0.338 e. The van der Waals surface area contributed by atoms with E-state index < -0.39 is 5.82 Å². The van der Waals surface area contributed by atoms with Gasteiger partial charge in [0.2, 0.25) is 0 Å². The van der Waals surface area contributed by atoms with Gasteiger partial charge >= 0.3 is 0 Å². The third-order valence-electron chi connectivity index (χ3n) is 6.32. The molecule has 2 fully saturated rings. The summed E-state index contributed by atoms with van der Waals surface area (Å²) in [5.74, 6) is 0.368. The fraction of sp³-hybridized carbons (Fsp3) is 0.280. The van der Waals surface area contributed by atoms with Gasteiger partial charge in [0.1, 0.15) is 5.82 Å². The monoisotopic (exact) mass is 434 g/mol. The molecule has 2 saturated heterocycles. The van der Waals surface area contributed by atoms with Crippen molar-refractivity contribution in [2.75, 3.05) is 25.4 Å². The van der Waals surface area contributed by atoms with Crippen LogP contribution in [0.3, 0.4) is 0 Å². The number of benzene rings is 3. The highest BCUT2D eigenvalue weighted by Crippen LogP contribution is 2.44. The van der Waals surface area contributed by atoms with E-state index >= 15 is 0 Å². The lowest BCUT2D eigenvalue weighted by Gasteiger charge is -2.44. The summed E-state index contributed by atoms with van der Waals surface area (Å²) in [7, 11) is 0. The maximum atomic E-state index is 13.6. The summed E-state index contributed by atoms with van der Waals surface area (Å²) >= 11 is 1.79. The molecule has 2 amide bonds. The Hall–Kier alpha value is -2.86. The highest BCUT2D eigenvalue weighted by atomic mass is 32.2. The van der Waals surface area contributed by atoms with Crippen LogP contribution in [0.25, 0.3) is 10.8 Å². The number of carbonyl (C=O) groups excluding carboxylic acids is 2. The van der Waals surface area contributed by atoms with Crippen molar-refractivity contribution in [3.05, 3.63) is 83.7 Å². The Morgan fingerprint density at radius 2 is 1.55 bits per heavy atom. The molecule has 0 saturated carbocycles. The third-order valence-corrected chi connectivity index (χ3v) is 7.88. The lowest BCUT2D eigenvalue weighted by Crippen LogP contribution is -2.53. The molecule has 0 radical (unpaired) electrons. The standard InChI is InChI=1S/C25H23FN2O2S/c26-22-7-3-6-20(17-22)24(30)28-14-15-31-25(28)10-12-27(13-11-25)23(29)21-9-8-18-4-1-2-5-19(18)16-21/h1-9,16-17H,10-15H2. The van der Waals surface area contributed by atoms with Gasteiger partial charge < -0.3 is 9.80 Å². The average molecular weight is 435 g/mol. The first-order valence-electron chi connectivity index (χ1n) is 10.6. The molecule has 5 rings (SSSR count). The van der Waals surface area contributed by atoms with E-state index in [1.54, 1.807) is 23.9 Å². The summed E-state index contributed by atoms with van der Waals surface area (Å²) in [6, 6.07) is 19.7. The molecule has 6 heteroatoms. The van der Waals surface area contributed by atoms with Crippen molar-refractivity contribution in [2.45, 2.75) is 17.7 Å². The van der Waals surface area contributed by atoms with Gasteiger partial charge in [0, 0.05) is 36.5 Å². The number of piperidine rings is 1. The lowest BCUT2D eigenvalue weighted by molar-refractivity contribution is 0.0497. The van der Waals surface area contributed by atoms with Crippen molar-refractivity contribution >= 4 is 34.3 Å². The Kier molecular flexibility index (Phi) is 5.18. The normalized spacial score (nSPS) is 18.0. The van der Waals surface area contributed by atoms with Gasteiger partial charge in [0.15, 0.2) is 0 Å². The van der Waals surface area contributed by atoms with Crippen LogP contribution in [-0.2, 0) is 0 Å². The van der Waals surface area contributed by atoms with Crippen molar-refractivity contribution in [3.8, 4) is 0 Å². The molecule has 0 aromatic heterocycles. The average Bonchev–Trinajstić information content (AvgIpc) is 3.21. The van der Waals surface area contributed by atoms with Crippen LogP contribution >= 0.6 is 11.8 Å². The number of amides is 2. The molecule has 1 spiro atoms. The third kappa shape index (κ3) is 3.69. The van der Waals surface area contributed by atoms with E-state index in [0.29, 0.717) is 30.8 Å². The van der Waals surface area contributed by atoms with E-state index in [0.717, 1.165) is 29.4 Å². The van der Waals surface area contributed by atoms with E-state index in [1.807, 2.05) is 52.3 Å². The van der Waals surface area contributed by atoms with Gasteiger partial charge in [-0.2, -0.15) is 0 Å². The predicted octanol–water partition coefficient (Wildman–Crippen LogP) is 4.80. The van der Waals surface area contributed by atoms with Crippen LogP contribution in [0.15, 0.2) is 66.7 Å². The molecular weight excluding hydrogens is 411 g/mol. The van der Waals surface area contributed by atoms with Gasteiger partial charge in [-0.3, -0.25) is 9.59 Å². The van der Waals surface area contributed by atoms with Crippen LogP contribution in [0.1, 0.15) is 33.6 Å². The van der Waals surface area contributed by atoms with Crippen LogP contribution in [0.5, 0.6) is 0 Å². The van der Waals surface area contributed by atoms with Crippen LogP contribution in [0.2, 0.25) is 0 Å². The molecule has 158 valence electrons. The molecule has 0 bridgehead atoms. The summed E-state index contributed by atoms with van der Waals surface area (Å²) in [4.78, 5) is 29.7. The Bertz CT molecular complexity index is 1160. The quantitative estimate of drug-likeness (QED) is 0.582. The number of thioether (sulfide) groups is 1. The van der Waals surface area contributed by atoms with E-state index in [2.05, 4.69) is 0 Å². The lowest BCUT2D eigenvalue weighted by atomic mass is 9.99. The topological polar surface area (TPSA) is 40.6 Å². The Balaban J connectivity index is 1.31. The van der Waals surface area contributed by atoms with Gasteiger partial charge in [-0.25, -0.2) is 4.39 Å². The molecule has 3 aromatic rings. The second-order valence-corrected chi connectivity index (χ2v) is 9.57. The molecule has 0 atom stereocenters. The molecule has 2 heterocycles. The molecule has 0 N–H and O–H groups in total. The van der Waals surface area contributed by atoms with E-state index in [9.17, 15) is 14.0 Å². The molecule has 0 aliphatic carbocycles. The summed E-state index contributed by atoms with van der Waals surface area (Å²) in [5, 5.41) is 2.17. The van der Waals surface area contributed by atoms with Crippen LogP contribution in [-0.4, -0.2) is 51.9 Å². The zero-order valence-corrected chi connectivity index (χ0v) is 17.9. The number of carbonyl (C=O) groups is 2. The number of rotatable bonds is 2. The van der Waals surface area contributed by atoms with E-state index in [4.69, 9.17) is 0 Å². The van der Waals surface area contributed by atoms with Gasteiger partial charge in [-0.15, -0.1) is 11.8 Å². The van der Waals surface area contributed by atoms with Gasteiger partial charge in [-0.1, -0.05) is 36.4 Å². The van der Waals surface area contributed by atoms with Gasteiger partial charge in [0.05, 0.1) is 4.87 Å². The van der Waals surface area contributed by atoms with Crippen molar-refractivity contribution in [3.63, 3.8) is 0 Å². The number of halogens is 1. The van der Waals surface area contributed by atoms with E-state index in [1.165, 1.54) is 12.1 Å². The summed E-state index contributed by atoms with van der Waals surface area (Å²) < 4.78 is 13.6. The van der Waals surface area contributed by atoms with Crippen molar-refractivity contribution in [1.29, 1.82) is 0 Å². The number of likely N-dealkylation sites (tertiary alicyclic amines) is 1. The number of hydrogen-bond acceptors (Lipinski definition) is 3. The fourth-order valence-corrected chi connectivity index (χ4v) is 6.11. The summed E-state index contributed by atoms with van der Waals surface area (Å²) in [6.45, 7) is 1.86. The number of hydrogen-bond donors (Lipinski definition) is 0. The molecule has 2 aliphatic rings. The smallest absolute Gasteiger partial charge is 0.255 e. The van der Waals surface area contributed by atoms with Crippen LogP contribution < -0.4 is 0 Å². The second kappa shape index (κ2) is 8.00. The van der Waals surface area contributed by atoms with Crippen molar-refractivity contribution in [2.24, 2.45) is 0 Å². The molecule has 3 aromatic carbocycles. The maximum Gasteiger partial charge on any atom is 0.255 e. The largest absolute Gasteiger partial charge is 0.338 e. The second-order valence-electron chi connectivity index (χ2n) is 8.12. The Labute approximate surface area is 185 Å². The Morgan fingerprint density at radius 3 is 2.32 bits per heavy atom. The predicted molar refractivity (Wildman–Crippen MR) is 122 cm³/mol. The van der Waals surface area contributed by atoms with Crippen LogP contribution in [0, 0.1) is 5.82 Å². The first-order chi connectivity index (χ1) is 15.1. The van der Waals surface area contributed by atoms with Crippen LogP contribution in [0.4, 0.5) is 4.39 Å². The van der Waals surface area contributed by atoms with Crippen molar-refractivity contribution in [1.82, 2.24) is 9.80 Å². The minimum absolute atomic E-state index is 0.0339. The molecule has 4 nitrogen and oxygen atoms in total.